The molecule has 2 aromatic heterocycles. The van der Waals surface area contributed by atoms with Crippen LogP contribution in [0.2, 0.25) is 0 Å². The molecule has 0 radical (unpaired) electrons. The maximum absolute atomic E-state index is 12.9. The van der Waals surface area contributed by atoms with Gasteiger partial charge in [-0.15, -0.1) is 0 Å². The molecule has 0 unspecified atom stereocenters. The van der Waals surface area contributed by atoms with Crippen LogP contribution in [0, 0.1) is 0 Å². The third kappa shape index (κ3) is 4.13. The number of carbonyl (C=O) groups is 1. The summed E-state index contributed by atoms with van der Waals surface area (Å²) in [6, 6.07) is 11.2. The normalized spacial score (nSPS) is 14.9. The maximum atomic E-state index is 12.9. The van der Waals surface area contributed by atoms with Crippen LogP contribution in [0.5, 0.6) is 0 Å². The van der Waals surface area contributed by atoms with E-state index in [1.54, 1.807) is 13.1 Å². The highest BCUT2D eigenvalue weighted by molar-refractivity contribution is 6.12. The molecule has 1 fully saturated rings. The topological polar surface area (TPSA) is 84.3 Å². The number of aromatic nitrogens is 3. The van der Waals surface area contributed by atoms with Gasteiger partial charge >= 0.3 is 0 Å². The molecule has 8 heteroatoms. The summed E-state index contributed by atoms with van der Waals surface area (Å²) in [7, 11) is 1.79. The number of nitrogens with one attached hydrogen (secondary N) is 2. The van der Waals surface area contributed by atoms with Crippen molar-refractivity contribution >= 4 is 28.4 Å². The molecule has 1 aliphatic heterocycles. The molecule has 146 valence electrons. The molecule has 0 spiro atoms. The van der Waals surface area contributed by atoms with E-state index >= 15 is 0 Å². The number of anilines is 2. The predicted molar refractivity (Wildman–Crippen MR) is 109 cm³/mol. The Labute approximate surface area is 163 Å². The lowest BCUT2D eigenvalue weighted by Crippen LogP contribution is -2.38. The quantitative estimate of drug-likeness (QED) is 0.681. The van der Waals surface area contributed by atoms with E-state index in [0.717, 1.165) is 50.3 Å². The van der Waals surface area contributed by atoms with Gasteiger partial charge in [-0.2, -0.15) is 5.10 Å². The Bertz CT molecular complexity index is 964. The molecule has 3 heterocycles. The van der Waals surface area contributed by atoms with Crippen molar-refractivity contribution in [3.8, 4) is 0 Å². The van der Waals surface area contributed by atoms with Crippen LogP contribution in [-0.4, -0.2) is 65.5 Å². The first-order valence-electron chi connectivity index (χ1n) is 9.45. The van der Waals surface area contributed by atoms with E-state index < -0.39 is 0 Å². The third-order valence-corrected chi connectivity index (χ3v) is 4.85. The number of morpholine rings is 1. The number of pyridine rings is 1. The van der Waals surface area contributed by atoms with E-state index in [9.17, 15) is 4.79 Å². The van der Waals surface area contributed by atoms with Gasteiger partial charge in [0.25, 0.3) is 5.91 Å². The molecule has 3 aromatic rings. The lowest BCUT2D eigenvalue weighted by atomic mass is 10.1. The number of nitrogens with zero attached hydrogens (tertiary/aromatic N) is 4. The minimum absolute atomic E-state index is 0.200. The van der Waals surface area contributed by atoms with Crippen LogP contribution in [0.4, 0.5) is 11.6 Å². The molecule has 0 atom stereocenters. The number of hydrogen-bond acceptors (Lipinski definition) is 6. The Kier molecular flexibility index (Phi) is 5.50. The minimum atomic E-state index is -0.200. The van der Waals surface area contributed by atoms with Crippen molar-refractivity contribution in [2.75, 3.05) is 50.5 Å². The monoisotopic (exact) mass is 380 g/mol. The first kappa shape index (κ1) is 18.4. The largest absolute Gasteiger partial charge is 0.379 e. The summed E-state index contributed by atoms with van der Waals surface area (Å²) < 4.78 is 7.22. The predicted octanol–water partition coefficient (Wildman–Crippen LogP) is 2.06. The zero-order valence-corrected chi connectivity index (χ0v) is 15.9. The number of fused-ring (bicyclic) bond motifs is 1. The summed E-state index contributed by atoms with van der Waals surface area (Å²) >= 11 is 0. The summed E-state index contributed by atoms with van der Waals surface area (Å²) in [5, 5.41) is 11.2. The number of ether oxygens (including phenoxy) is 1. The highest BCUT2D eigenvalue weighted by atomic mass is 16.5. The number of rotatable bonds is 6. The van der Waals surface area contributed by atoms with Gasteiger partial charge in [0, 0.05) is 44.3 Å². The van der Waals surface area contributed by atoms with Crippen LogP contribution in [0.3, 0.4) is 0 Å². The first-order chi connectivity index (χ1) is 13.7. The number of para-hydroxylation sites is 1. The molecule has 28 heavy (non-hydrogen) atoms. The van der Waals surface area contributed by atoms with Crippen LogP contribution in [0.1, 0.15) is 10.4 Å². The second-order valence-electron chi connectivity index (χ2n) is 6.69. The molecule has 1 saturated heterocycles. The maximum Gasteiger partial charge on any atom is 0.257 e. The van der Waals surface area contributed by atoms with Gasteiger partial charge in [-0.25, -0.2) is 4.98 Å². The van der Waals surface area contributed by atoms with Crippen molar-refractivity contribution in [1.82, 2.24) is 19.7 Å². The van der Waals surface area contributed by atoms with Crippen molar-refractivity contribution in [3.63, 3.8) is 0 Å². The number of benzene rings is 1. The fourth-order valence-corrected chi connectivity index (χ4v) is 3.30. The van der Waals surface area contributed by atoms with Gasteiger partial charge in [-0.3, -0.25) is 14.4 Å². The van der Waals surface area contributed by atoms with E-state index in [0.29, 0.717) is 17.2 Å². The van der Waals surface area contributed by atoms with E-state index in [1.807, 2.05) is 41.2 Å². The summed E-state index contributed by atoms with van der Waals surface area (Å²) in [6.07, 6.45) is 1.89. The van der Waals surface area contributed by atoms with Gasteiger partial charge in [-0.1, -0.05) is 18.2 Å². The zero-order chi connectivity index (χ0) is 19.3. The van der Waals surface area contributed by atoms with Crippen LogP contribution in [0.25, 0.3) is 10.9 Å². The zero-order valence-electron chi connectivity index (χ0n) is 15.9. The van der Waals surface area contributed by atoms with E-state index in [-0.39, 0.29) is 5.91 Å². The summed E-state index contributed by atoms with van der Waals surface area (Å²) in [5.41, 5.74) is 1.34. The highest BCUT2D eigenvalue weighted by Crippen LogP contribution is 2.21. The van der Waals surface area contributed by atoms with Crippen LogP contribution in [0.15, 0.2) is 42.6 Å². The molecule has 0 saturated carbocycles. The molecule has 4 rings (SSSR count). The van der Waals surface area contributed by atoms with Gasteiger partial charge in [0.2, 0.25) is 0 Å². The number of carbonyl (C=O) groups excluding carboxylic acids is 1. The van der Waals surface area contributed by atoms with Crippen LogP contribution >= 0.6 is 0 Å². The fourth-order valence-electron chi connectivity index (χ4n) is 3.30. The van der Waals surface area contributed by atoms with Crippen molar-refractivity contribution in [3.05, 3.63) is 48.2 Å². The number of amides is 1. The van der Waals surface area contributed by atoms with Gasteiger partial charge in [0.15, 0.2) is 5.82 Å². The standard InChI is InChI=1S/C20H24N6O2/c1-21-19-14-16(15-4-2-3-5-17(15)22-19)20(27)23-18-6-7-26(24-18)9-8-25-10-12-28-13-11-25/h2-7,14H,8-13H2,1H3,(H,21,22)(H,23,24,27). The molecule has 0 aliphatic carbocycles. The Morgan fingerprint density at radius 1 is 1.14 bits per heavy atom. The van der Waals surface area contributed by atoms with Crippen LogP contribution < -0.4 is 10.6 Å². The molecular weight excluding hydrogens is 356 g/mol. The summed E-state index contributed by atoms with van der Waals surface area (Å²) in [6.45, 7) is 5.17. The van der Waals surface area contributed by atoms with E-state index in [4.69, 9.17) is 4.74 Å². The summed E-state index contributed by atoms with van der Waals surface area (Å²) in [5.74, 6) is 0.993. The van der Waals surface area contributed by atoms with Crippen LogP contribution in [-0.2, 0) is 11.3 Å². The molecule has 1 aliphatic rings. The SMILES string of the molecule is CNc1cc(C(=O)Nc2ccn(CCN3CCOCC3)n2)c2ccccc2n1. The molecule has 2 N–H and O–H groups in total. The Hall–Kier alpha value is -2.97. The average molecular weight is 380 g/mol. The average Bonchev–Trinajstić information content (AvgIpc) is 3.19. The van der Waals surface area contributed by atoms with Crippen molar-refractivity contribution in [1.29, 1.82) is 0 Å². The third-order valence-electron chi connectivity index (χ3n) is 4.85. The van der Waals surface area contributed by atoms with Gasteiger partial charge < -0.3 is 15.4 Å². The Balaban J connectivity index is 1.45. The minimum Gasteiger partial charge on any atom is -0.379 e. The molecular formula is C20H24N6O2. The second-order valence-corrected chi connectivity index (χ2v) is 6.69. The highest BCUT2D eigenvalue weighted by Gasteiger charge is 2.15. The molecule has 8 nitrogen and oxygen atoms in total. The smallest absolute Gasteiger partial charge is 0.257 e. The number of hydrogen-bond donors (Lipinski definition) is 2. The lowest BCUT2D eigenvalue weighted by molar-refractivity contribution is 0.0360. The fraction of sp³-hybridized carbons (Fsp3) is 0.350. The second kappa shape index (κ2) is 8.37. The summed E-state index contributed by atoms with van der Waals surface area (Å²) in [4.78, 5) is 19.7. The molecule has 0 bridgehead atoms. The van der Waals surface area contributed by atoms with E-state index in [1.165, 1.54) is 0 Å². The van der Waals surface area contributed by atoms with Crippen molar-refractivity contribution < 1.29 is 9.53 Å². The first-order valence-corrected chi connectivity index (χ1v) is 9.45. The Morgan fingerprint density at radius 2 is 1.96 bits per heavy atom. The van der Waals surface area contributed by atoms with Gasteiger partial charge in [-0.05, 0) is 12.1 Å². The van der Waals surface area contributed by atoms with E-state index in [2.05, 4.69) is 25.6 Å². The lowest BCUT2D eigenvalue weighted by Gasteiger charge is -2.26. The Morgan fingerprint density at radius 3 is 2.79 bits per heavy atom. The molecule has 1 amide bonds. The van der Waals surface area contributed by atoms with Gasteiger partial charge in [0.1, 0.15) is 5.82 Å². The molecule has 1 aromatic carbocycles. The van der Waals surface area contributed by atoms with Crippen molar-refractivity contribution in [2.45, 2.75) is 6.54 Å². The van der Waals surface area contributed by atoms with Crippen molar-refractivity contribution in [2.24, 2.45) is 0 Å². The van der Waals surface area contributed by atoms with Gasteiger partial charge in [0.05, 0.1) is 30.8 Å².